The predicted octanol–water partition coefficient (Wildman–Crippen LogP) is 2.13. The Balaban J connectivity index is 2.10. The summed E-state index contributed by atoms with van der Waals surface area (Å²) < 4.78 is 5.10. The van der Waals surface area contributed by atoms with E-state index in [9.17, 15) is 5.11 Å². The van der Waals surface area contributed by atoms with E-state index in [1.807, 2.05) is 24.3 Å². The van der Waals surface area contributed by atoms with Crippen molar-refractivity contribution in [3.63, 3.8) is 0 Å². The molecule has 0 amide bonds. The molecule has 5 heteroatoms. The summed E-state index contributed by atoms with van der Waals surface area (Å²) in [6.07, 6.45) is 0.331. The summed E-state index contributed by atoms with van der Waals surface area (Å²) in [5.74, 6) is 0.773. The van der Waals surface area contributed by atoms with Crippen LogP contribution in [0.2, 0.25) is 0 Å². The number of hydrogen-bond acceptors (Lipinski definition) is 5. The lowest BCUT2D eigenvalue weighted by atomic mass is 10.1. The van der Waals surface area contributed by atoms with Crippen molar-refractivity contribution in [1.82, 2.24) is 10.1 Å². The van der Waals surface area contributed by atoms with Crippen LogP contribution >= 0.6 is 0 Å². The zero-order valence-corrected chi connectivity index (χ0v) is 10.1. The maximum absolute atomic E-state index is 10.0. The Labute approximate surface area is 109 Å². The maximum atomic E-state index is 10.0. The molecule has 1 heterocycles. The molecule has 0 atom stereocenters. The molecule has 1 aromatic heterocycles. The van der Waals surface area contributed by atoms with E-state index in [0.717, 1.165) is 10.8 Å². The summed E-state index contributed by atoms with van der Waals surface area (Å²) in [4.78, 5) is 4.14. The smallest absolute Gasteiger partial charge is 0.261 e. The zero-order valence-electron chi connectivity index (χ0n) is 10.1. The molecule has 0 saturated carbocycles. The van der Waals surface area contributed by atoms with Gasteiger partial charge in [0.15, 0.2) is 5.82 Å². The zero-order chi connectivity index (χ0) is 13.2. The second-order valence-electron chi connectivity index (χ2n) is 4.21. The van der Waals surface area contributed by atoms with Crippen LogP contribution in [0, 0.1) is 0 Å². The van der Waals surface area contributed by atoms with E-state index in [-0.39, 0.29) is 18.2 Å². The van der Waals surface area contributed by atoms with Gasteiger partial charge in [-0.15, -0.1) is 0 Å². The Morgan fingerprint density at radius 3 is 2.58 bits per heavy atom. The van der Waals surface area contributed by atoms with Crippen LogP contribution in [0.4, 0.5) is 0 Å². The fourth-order valence-corrected chi connectivity index (χ4v) is 1.96. The van der Waals surface area contributed by atoms with Gasteiger partial charge in [0.05, 0.1) is 12.2 Å². The summed E-state index contributed by atoms with van der Waals surface area (Å²) in [7, 11) is 0. The standard InChI is InChI=1S/C14H12N2O3/c17-6-5-13-15-14(19-16-13)11-7-9-3-1-2-4-10(9)8-12(11)18/h1-4,7-8,17-18H,5-6H2. The fourth-order valence-electron chi connectivity index (χ4n) is 1.96. The van der Waals surface area contributed by atoms with Crippen LogP contribution < -0.4 is 0 Å². The number of aliphatic hydroxyl groups excluding tert-OH is 1. The molecule has 3 aromatic rings. The quantitative estimate of drug-likeness (QED) is 0.750. The third kappa shape index (κ3) is 2.15. The molecule has 0 aliphatic rings. The highest BCUT2D eigenvalue weighted by Crippen LogP contribution is 2.32. The van der Waals surface area contributed by atoms with Gasteiger partial charge in [0.25, 0.3) is 5.89 Å². The maximum Gasteiger partial charge on any atom is 0.261 e. The van der Waals surface area contributed by atoms with Crippen LogP contribution in [-0.4, -0.2) is 27.0 Å². The number of aliphatic hydroxyl groups is 1. The number of phenolic OH excluding ortho intramolecular Hbond substituents is 1. The van der Waals surface area contributed by atoms with Crippen molar-refractivity contribution in [2.75, 3.05) is 6.61 Å². The van der Waals surface area contributed by atoms with E-state index < -0.39 is 0 Å². The molecular formula is C14H12N2O3. The highest BCUT2D eigenvalue weighted by atomic mass is 16.5. The van der Waals surface area contributed by atoms with Crippen molar-refractivity contribution in [2.24, 2.45) is 0 Å². The number of phenols is 1. The summed E-state index contributed by atoms with van der Waals surface area (Å²) in [6, 6.07) is 11.2. The second kappa shape index (κ2) is 4.70. The van der Waals surface area contributed by atoms with Gasteiger partial charge in [0.2, 0.25) is 0 Å². The fraction of sp³-hybridized carbons (Fsp3) is 0.143. The molecule has 0 aliphatic carbocycles. The molecule has 96 valence electrons. The van der Waals surface area contributed by atoms with Gasteiger partial charge in [-0.3, -0.25) is 0 Å². The van der Waals surface area contributed by atoms with Crippen LogP contribution in [-0.2, 0) is 6.42 Å². The molecule has 0 radical (unpaired) electrons. The average Bonchev–Trinajstić information content (AvgIpc) is 2.87. The van der Waals surface area contributed by atoms with Crippen molar-refractivity contribution < 1.29 is 14.7 Å². The van der Waals surface area contributed by atoms with Gasteiger partial charge in [0.1, 0.15) is 5.75 Å². The van der Waals surface area contributed by atoms with Crippen molar-refractivity contribution >= 4 is 10.8 Å². The first-order chi connectivity index (χ1) is 9.28. The van der Waals surface area contributed by atoms with Crippen molar-refractivity contribution in [3.8, 4) is 17.2 Å². The Morgan fingerprint density at radius 1 is 1.11 bits per heavy atom. The lowest BCUT2D eigenvalue weighted by Crippen LogP contribution is -1.92. The molecule has 0 aliphatic heterocycles. The SMILES string of the molecule is OCCc1noc(-c2cc3ccccc3cc2O)n1. The third-order valence-electron chi connectivity index (χ3n) is 2.90. The molecule has 3 rings (SSSR count). The minimum Gasteiger partial charge on any atom is -0.507 e. The number of nitrogens with zero attached hydrogens (tertiary/aromatic N) is 2. The molecule has 5 nitrogen and oxygen atoms in total. The molecule has 2 aromatic carbocycles. The first kappa shape index (κ1) is 11.7. The van der Waals surface area contributed by atoms with E-state index in [1.165, 1.54) is 0 Å². The molecule has 2 N–H and O–H groups in total. The van der Waals surface area contributed by atoms with Gasteiger partial charge < -0.3 is 14.7 Å². The van der Waals surface area contributed by atoms with Crippen molar-refractivity contribution in [2.45, 2.75) is 6.42 Å². The molecule has 0 spiro atoms. The summed E-state index contributed by atoms with van der Waals surface area (Å²) in [5.41, 5.74) is 0.496. The highest BCUT2D eigenvalue weighted by molar-refractivity contribution is 5.89. The minimum atomic E-state index is -0.0390. The molecule has 0 bridgehead atoms. The van der Waals surface area contributed by atoms with Crippen LogP contribution in [0.1, 0.15) is 5.82 Å². The summed E-state index contributed by atoms with van der Waals surface area (Å²) in [5, 5.41) is 24.5. The topological polar surface area (TPSA) is 79.4 Å². The van der Waals surface area contributed by atoms with Gasteiger partial charge in [-0.05, 0) is 22.9 Å². The Kier molecular flexibility index (Phi) is 2.89. The number of aromatic hydroxyl groups is 1. The van der Waals surface area contributed by atoms with Gasteiger partial charge in [0, 0.05) is 6.42 Å². The second-order valence-corrected chi connectivity index (χ2v) is 4.21. The van der Waals surface area contributed by atoms with E-state index in [2.05, 4.69) is 10.1 Å². The van der Waals surface area contributed by atoms with E-state index in [4.69, 9.17) is 9.63 Å². The predicted molar refractivity (Wildman–Crippen MR) is 69.7 cm³/mol. The van der Waals surface area contributed by atoms with Crippen LogP contribution in [0.25, 0.3) is 22.2 Å². The van der Waals surface area contributed by atoms with Gasteiger partial charge >= 0.3 is 0 Å². The van der Waals surface area contributed by atoms with Gasteiger partial charge in [-0.25, -0.2) is 0 Å². The molecule has 0 saturated heterocycles. The van der Waals surface area contributed by atoms with Crippen LogP contribution in [0.5, 0.6) is 5.75 Å². The van der Waals surface area contributed by atoms with Crippen molar-refractivity contribution in [3.05, 3.63) is 42.2 Å². The van der Waals surface area contributed by atoms with Crippen molar-refractivity contribution in [1.29, 1.82) is 0 Å². The first-order valence-electron chi connectivity index (χ1n) is 5.93. The van der Waals surface area contributed by atoms with Gasteiger partial charge in [-0.2, -0.15) is 4.98 Å². The molecular weight excluding hydrogens is 244 g/mol. The molecule has 0 unspecified atom stereocenters. The molecule has 0 fully saturated rings. The highest BCUT2D eigenvalue weighted by Gasteiger charge is 2.13. The number of rotatable bonds is 3. The lowest BCUT2D eigenvalue weighted by molar-refractivity contribution is 0.293. The largest absolute Gasteiger partial charge is 0.507 e. The number of aromatic nitrogens is 2. The van der Waals surface area contributed by atoms with E-state index >= 15 is 0 Å². The Bertz CT molecular complexity index is 722. The normalized spacial score (nSPS) is 11.0. The summed E-state index contributed by atoms with van der Waals surface area (Å²) >= 11 is 0. The monoisotopic (exact) mass is 256 g/mol. The van der Waals surface area contributed by atoms with E-state index in [0.29, 0.717) is 17.8 Å². The number of benzene rings is 2. The summed E-state index contributed by atoms with van der Waals surface area (Å²) in [6.45, 7) is -0.0390. The average molecular weight is 256 g/mol. The minimum absolute atomic E-state index is 0.0390. The lowest BCUT2D eigenvalue weighted by Gasteiger charge is -2.02. The Hall–Kier alpha value is -2.40. The first-order valence-corrected chi connectivity index (χ1v) is 5.93. The Morgan fingerprint density at radius 2 is 1.84 bits per heavy atom. The van der Waals surface area contributed by atoms with Crippen LogP contribution in [0.3, 0.4) is 0 Å². The third-order valence-corrected chi connectivity index (χ3v) is 2.90. The van der Waals surface area contributed by atoms with Gasteiger partial charge in [-0.1, -0.05) is 29.4 Å². The molecule has 19 heavy (non-hydrogen) atoms. The van der Waals surface area contributed by atoms with E-state index in [1.54, 1.807) is 12.1 Å². The number of hydrogen-bond donors (Lipinski definition) is 2. The van der Waals surface area contributed by atoms with Crippen LogP contribution in [0.15, 0.2) is 40.9 Å². The number of fused-ring (bicyclic) bond motifs is 1.